The van der Waals surface area contributed by atoms with Gasteiger partial charge in [0.15, 0.2) is 0 Å². The van der Waals surface area contributed by atoms with Crippen LogP contribution in [0, 0.1) is 12.3 Å². The second kappa shape index (κ2) is 5.30. The van der Waals surface area contributed by atoms with Gasteiger partial charge in [-0.15, -0.1) is 6.42 Å². The van der Waals surface area contributed by atoms with E-state index < -0.39 is 12.1 Å². The van der Waals surface area contributed by atoms with Crippen molar-refractivity contribution in [3.63, 3.8) is 0 Å². The van der Waals surface area contributed by atoms with Crippen molar-refractivity contribution in [2.45, 2.75) is 13.0 Å². The van der Waals surface area contributed by atoms with Crippen LogP contribution in [-0.4, -0.2) is 25.2 Å². The van der Waals surface area contributed by atoms with Gasteiger partial charge in [-0.25, -0.2) is 4.79 Å². The Morgan fingerprint density at radius 2 is 2.45 bits per heavy atom. The summed E-state index contributed by atoms with van der Waals surface area (Å²) in [6.07, 6.45) is 3.64. The molecular weight excluding hydrogens is 148 g/mol. The lowest BCUT2D eigenvalue weighted by molar-refractivity contribution is -0.157. The van der Waals surface area contributed by atoms with Gasteiger partial charge in [0.1, 0.15) is 0 Å². The number of terminal acetylenes is 1. The van der Waals surface area contributed by atoms with E-state index in [9.17, 15) is 9.59 Å². The summed E-state index contributed by atoms with van der Waals surface area (Å²) in [7, 11) is 0. The SMILES string of the molecule is C#CC(OC=O)C(=O)OCC. The van der Waals surface area contributed by atoms with Crippen molar-refractivity contribution in [1.29, 1.82) is 0 Å². The fraction of sp³-hybridized carbons (Fsp3) is 0.429. The molecule has 0 aromatic carbocycles. The molecule has 0 saturated carbocycles. The molecule has 0 spiro atoms. The molecule has 1 atom stereocenters. The van der Waals surface area contributed by atoms with E-state index in [0.717, 1.165) is 0 Å². The molecule has 0 aliphatic heterocycles. The maximum atomic E-state index is 10.7. The monoisotopic (exact) mass is 156 g/mol. The number of ether oxygens (including phenoxy) is 2. The van der Waals surface area contributed by atoms with Crippen molar-refractivity contribution < 1.29 is 19.1 Å². The molecule has 0 aromatic rings. The van der Waals surface area contributed by atoms with Crippen LogP contribution >= 0.6 is 0 Å². The average molecular weight is 156 g/mol. The molecule has 0 rings (SSSR count). The summed E-state index contributed by atoms with van der Waals surface area (Å²) in [4.78, 5) is 20.5. The standard InChI is InChI=1S/C7H8O4/c1-3-6(11-5-8)7(9)10-4-2/h1,5-6H,4H2,2H3. The normalized spacial score (nSPS) is 10.9. The van der Waals surface area contributed by atoms with Gasteiger partial charge in [0.05, 0.1) is 6.61 Å². The highest BCUT2D eigenvalue weighted by atomic mass is 16.6. The molecular formula is C7H8O4. The summed E-state index contributed by atoms with van der Waals surface area (Å²) in [5, 5.41) is 0. The van der Waals surface area contributed by atoms with E-state index in [1.165, 1.54) is 0 Å². The second-order valence-corrected chi connectivity index (χ2v) is 1.53. The molecule has 0 amide bonds. The summed E-state index contributed by atoms with van der Waals surface area (Å²) in [5.41, 5.74) is 0. The first kappa shape index (κ1) is 9.50. The Morgan fingerprint density at radius 1 is 1.82 bits per heavy atom. The van der Waals surface area contributed by atoms with Gasteiger partial charge in [0.2, 0.25) is 0 Å². The molecule has 0 radical (unpaired) electrons. The zero-order chi connectivity index (χ0) is 8.69. The van der Waals surface area contributed by atoms with E-state index in [2.05, 4.69) is 9.47 Å². The van der Waals surface area contributed by atoms with Crippen LogP contribution in [0.15, 0.2) is 0 Å². The van der Waals surface area contributed by atoms with Gasteiger partial charge < -0.3 is 9.47 Å². The van der Waals surface area contributed by atoms with Gasteiger partial charge in [-0.3, -0.25) is 4.79 Å². The fourth-order valence-electron chi connectivity index (χ4n) is 0.436. The third-order valence-electron chi connectivity index (χ3n) is 0.844. The lowest BCUT2D eigenvalue weighted by atomic mass is 10.4. The van der Waals surface area contributed by atoms with E-state index in [1.807, 2.05) is 5.92 Å². The Balaban J connectivity index is 3.94. The summed E-state index contributed by atoms with van der Waals surface area (Å²) < 4.78 is 8.70. The van der Waals surface area contributed by atoms with E-state index in [4.69, 9.17) is 6.42 Å². The largest absolute Gasteiger partial charge is 0.462 e. The summed E-state index contributed by atoms with van der Waals surface area (Å²) in [6, 6.07) is 0. The Kier molecular flexibility index (Phi) is 4.58. The highest BCUT2D eigenvalue weighted by Gasteiger charge is 2.16. The van der Waals surface area contributed by atoms with Gasteiger partial charge >= 0.3 is 5.97 Å². The highest BCUT2D eigenvalue weighted by Crippen LogP contribution is 1.91. The third-order valence-corrected chi connectivity index (χ3v) is 0.844. The van der Waals surface area contributed by atoms with E-state index in [1.54, 1.807) is 6.92 Å². The maximum Gasteiger partial charge on any atom is 0.360 e. The van der Waals surface area contributed by atoms with Crippen molar-refractivity contribution in [2.75, 3.05) is 6.61 Å². The van der Waals surface area contributed by atoms with Crippen LogP contribution in [-0.2, 0) is 19.1 Å². The first-order valence-corrected chi connectivity index (χ1v) is 2.98. The molecule has 0 aliphatic rings. The van der Waals surface area contributed by atoms with Crippen LogP contribution in [0.1, 0.15) is 6.92 Å². The lowest BCUT2D eigenvalue weighted by Crippen LogP contribution is -2.24. The van der Waals surface area contributed by atoms with Crippen molar-refractivity contribution in [3.8, 4) is 12.3 Å². The molecule has 0 N–H and O–H groups in total. The molecule has 4 heteroatoms. The van der Waals surface area contributed by atoms with E-state index in [-0.39, 0.29) is 13.1 Å². The van der Waals surface area contributed by atoms with Crippen molar-refractivity contribution in [2.24, 2.45) is 0 Å². The number of hydrogen-bond acceptors (Lipinski definition) is 4. The minimum absolute atomic E-state index is 0.113. The Hall–Kier alpha value is -1.50. The number of rotatable bonds is 4. The van der Waals surface area contributed by atoms with Gasteiger partial charge in [-0.05, 0) is 6.92 Å². The number of carbonyl (C=O) groups is 2. The maximum absolute atomic E-state index is 10.7. The summed E-state index contributed by atoms with van der Waals surface area (Å²) in [5.74, 6) is 1.24. The lowest BCUT2D eigenvalue weighted by Gasteiger charge is -2.05. The van der Waals surface area contributed by atoms with Gasteiger partial charge in [-0.2, -0.15) is 0 Å². The Morgan fingerprint density at radius 3 is 2.82 bits per heavy atom. The van der Waals surface area contributed by atoms with Crippen LogP contribution in [0.3, 0.4) is 0 Å². The minimum atomic E-state index is -1.22. The molecule has 1 unspecified atom stereocenters. The van der Waals surface area contributed by atoms with Gasteiger partial charge in [-0.1, -0.05) is 5.92 Å². The van der Waals surface area contributed by atoms with Crippen molar-refractivity contribution in [1.82, 2.24) is 0 Å². The summed E-state index contributed by atoms with van der Waals surface area (Å²) >= 11 is 0. The topological polar surface area (TPSA) is 52.6 Å². The predicted molar refractivity (Wildman–Crippen MR) is 36.4 cm³/mol. The molecule has 0 aliphatic carbocycles. The molecule has 4 nitrogen and oxygen atoms in total. The van der Waals surface area contributed by atoms with Crippen molar-refractivity contribution >= 4 is 12.4 Å². The van der Waals surface area contributed by atoms with E-state index in [0.29, 0.717) is 0 Å². The van der Waals surface area contributed by atoms with Crippen LogP contribution in [0.4, 0.5) is 0 Å². The first-order valence-electron chi connectivity index (χ1n) is 2.98. The smallest absolute Gasteiger partial charge is 0.360 e. The fourth-order valence-corrected chi connectivity index (χ4v) is 0.436. The second-order valence-electron chi connectivity index (χ2n) is 1.53. The van der Waals surface area contributed by atoms with Crippen LogP contribution in [0.5, 0.6) is 0 Å². The zero-order valence-electron chi connectivity index (χ0n) is 6.07. The molecule has 0 saturated heterocycles. The van der Waals surface area contributed by atoms with E-state index >= 15 is 0 Å². The molecule has 0 bridgehead atoms. The van der Waals surface area contributed by atoms with Crippen LogP contribution < -0.4 is 0 Å². The Bertz CT molecular complexity index is 179. The van der Waals surface area contributed by atoms with Gasteiger partial charge in [0.25, 0.3) is 12.6 Å². The van der Waals surface area contributed by atoms with Crippen LogP contribution in [0.2, 0.25) is 0 Å². The number of hydrogen-bond donors (Lipinski definition) is 0. The molecule has 0 heterocycles. The van der Waals surface area contributed by atoms with Crippen LogP contribution in [0.25, 0.3) is 0 Å². The van der Waals surface area contributed by atoms with Crippen molar-refractivity contribution in [3.05, 3.63) is 0 Å². The predicted octanol–water partition coefficient (Wildman–Crippen LogP) is -0.276. The first-order chi connectivity index (χ1) is 5.26. The van der Waals surface area contributed by atoms with Gasteiger partial charge in [0, 0.05) is 0 Å². The molecule has 11 heavy (non-hydrogen) atoms. The highest BCUT2D eigenvalue weighted by molar-refractivity contribution is 5.79. The summed E-state index contributed by atoms with van der Waals surface area (Å²) in [6.45, 7) is 1.95. The Labute approximate surface area is 64.5 Å². The average Bonchev–Trinajstić information content (AvgIpc) is 2.00. The minimum Gasteiger partial charge on any atom is -0.462 e. The molecule has 0 fully saturated rings. The zero-order valence-corrected chi connectivity index (χ0v) is 6.07. The molecule has 60 valence electrons. The number of esters is 1. The molecule has 0 aromatic heterocycles. The third kappa shape index (κ3) is 3.26. The number of carbonyl (C=O) groups excluding carboxylic acids is 2. The quantitative estimate of drug-likeness (QED) is 0.319.